The van der Waals surface area contributed by atoms with Crippen molar-refractivity contribution < 1.29 is 9.53 Å². The Hall–Kier alpha value is -2.33. The number of carbonyl (C=O) groups excluding carboxylic acids is 1. The SMILES string of the molecule is O=C(Nc1ccccc1Oc1ccccc1)C1CCNC1. The Morgan fingerprint density at radius 1 is 1.10 bits per heavy atom. The molecule has 1 unspecified atom stereocenters. The molecule has 0 aliphatic carbocycles. The van der Waals surface area contributed by atoms with E-state index in [1.54, 1.807) is 0 Å². The number of rotatable bonds is 4. The lowest BCUT2D eigenvalue weighted by molar-refractivity contribution is -0.119. The third-order valence-electron chi connectivity index (χ3n) is 3.55. The first kappa shape index (κ1) is 13.6. The molecule has 1 aliphatic rings. The summed E-state index contributed by atoms with van der Waals surface area (Å²) in [6.45, 7) is 1.65. The number of anilines is 1. The standard InChI is InChI=1S/C17H18N2O2/c20-17(13-10-11-18-12-13)19-15-8-4-5-9-16(15)21-14-6-2-1-3-7-14/h1-9,13,18H,10-12H2,(H,19,20). The Balaban J connectivity index is 1.74. The molecule has 1 fully saturated rings. The molecule has 0 spiro atoms. The molecule has 1 heterocycles. The van der Waals surface area contributed by atoms with Crippen LogP contribution in [0.15, 0.2) is 54.6 Å². The predicted octanol–water partition coefficient (Wildman–Crippen LogP) is 3.03. The van der Waals surface area contributed by atoms with E-state index in [4.69, 9.17) is 4.74 Å². The van der Waals surface area contributed by atoms with Crippen molar-refractivity contribution in [2.45, 2.75) is 6.42 Å². The van der Waals surface area contributed by atoms with Crippen molar-refractivity contribution in [3.63, 3.8) is 0 Å². The quantitative estimate of drug-likeness (QED) is 0.906. The molecule has 108 valence electrons. The van der Waals surface area contributed by atoms with Crippen LogP contribution in [-0.2, 0) is 4.79 Å². The van der Waals surface area contributed by atoms with Gasteiger partial charge in [-0.2, -0.15) is 0 Å². The Bertz CT molecular complexity index is 607. The van der Waals surface area contributed by atoms with E-state index in [9.17, 15) is 4.79 Å². The lowest BCUT2D eigenvalue weighted by atomic mass is 10.1. The van der Waals surface area contributed by atoms with E-state index in [-0.39, 0.29) is 11.8 Å². The van der Waals surface area contributed by atoms with E-state index in [1.807, 2.05) is 54.6 Å². The lowest BCUT2D eigenvalue weighted by Gasteiger charge is -2.14. The van der Waals surface area contributed by atoms with Crippen molar-refractivity contribution in [3.05, 3.63) is 54.6 Å². The number of amides is 1. The fourth-order valence-electron chi connectivity index (χ4n) is 2.39. The summed E-state index contributed by atoms with van der Waals surface area (Å²) in [5.74, 6) is 1.49. The Kier molecular flexibility index (Phi) is 4.17. The minimum Gasteiger partial charge on any atom is -0.455 e. The molecular weight excluding hydrogens is 264 g/mol. The molecule has 0 aromatic heterocycles. The van der Waals surface area contributed by atoms with E-state index >= 15 is 0 Å². The zero-order valence-electron chi connectivity index (χ0n) is 11.7. The van der Waals surface area contributed by atoms with Gasteiger partial charge in [0.1, 0.15) is 5.75 Å². The van der Waals surface area contributed by atoms with Crippen LogP contribution >= 0.6 is 0 Å². The number of nitrogens with one attached hydrogen (secondary N) is 2. The van der Waals surface area contributed by atoms with E-state index in [0.29, 0.717) is 11.4 Å². The molecule has 0 bridgehead atoms. The number of para-hydroxylation sites is 3. The molecular formula is C17H18N2O2. The Morgan fingerprint density at radius 3 is 2.62 bits per heavy atom. The van der Waals surface area contributed by atoms with E-state index in [0.717, 1.165) is 25.3 Å². The van der Waals surface area contributed by atoms with Crippen molar-refractivity contribution in [2.75, 3.05) is 18.4 Å². The second-order valence-corrected chi connectivity index (χ2v) is 5.09. The van der Waals surface area contributed by atoms with Gasteiger partial charge in [0, 0.05) is 6.54 Å². The van der Waals surface area contributed by atoms with Gasteiger partial charge in [-0.3, -0.25) is 4.79 Å². The van der Waals surface area contributed by atoms with Gasteiger partial charge >= 0.3 is 0 Å². The minimum absolute atomic E-state index is 0.0368. The van der Waals surface area contributed by atoms with Gasteiger partial charge in [0.25, 0.3) is 0 Å². The van der Waals surface area contributed by atoms with Crippen molar-refractivity contribution in [2.24, 2.45) is 5.92 Å². The molecule has 1 aliphatic heterocycles. The summed E-state index contributed by atoms with van der Waals surface area (Å²) in [6, 6.07) is 17.0. The van der Waals surface area contributed by atoms with Crippen LogP contribution in [0.4, 0.5) is 5.69 Å². The third kappa shape index (κ3) is 3.41. The maximum Gasteiger partial charge on any atom is 0.228 e. The summed E-state index contributed by atoms with van der Waals surface area (Å²) < 4.78 is 5.84. The molecule has 0 radical (unpaired) electrons. The van der Waals surface area contributed by atoms with Gasteiger partial charge in [-0.25, -0.2) is 0 Å². The Labute approximate surface area is 124 Å². The zero-order valence-corrected chi connectivity index (χ0v) is 11.7. The first-order valence-electron chi connectivity index (χ1n) is 7.16. The number of hydrogen-bond acceptors (Lipinski definition) is 3. The fourth-order valence-corrected chi connectivity index (χ4v) is 2.39. The van der Waals surface area contributed by atoms with E-state index in [1.165, 1.54) is 0 Å². The molecule has 1 amide bonds. The summed E-state index contributed by atoms with van der Waals surface area (Å²) in [7, 11) is 0. The van der Waals surface area contributed by atoms with E-state index in [2.05, 4.69) is 10.6 Å². The molecule has 4 heteroatoms. The third-order valence-corrected chi connectivity index (χ3v) is 3.55. The summed E-state index contributed by atoms with van der Waals surface area (Å²) in [5, 5.41) is 6.17. The van der Waals surface area contributed by atoms with E-state index < -0.39 is 0 Å². The summed E-state index contributed by atoms with van der Waals surface area (Å²) in [5.41, 5.74) is 0.707. The molecule has 1 atom stereocenters. The van der Waals surface area contributed by atoms with Crippen LogP contribution in [0.1, 0.15) is 6.42 Å². The van der Waals surface area contributed by atoms with Gasteiger partial charge in [-0.05, 0) is 37.2 Å². The van der Waals surface area contributed by atoms with Crippen LogP contribution in [0.25, 0.3) is 0 Å². The maximum absolute atomic E-state index is 12.2. The fraction of sp³-hybridized carbons (Fsp3) is 0.235. The van der Waals surface area contributed by atoms with Gasteiger partial charge in [0.05, 0.1) is 11.6 Å². The van der Waals surface area contributed by atoms with Crippen molar-refractivity contribution in [1.29, 1.82) is 0 Å². The number of benzene rings is 2. The monoisotopic (exact) mass is 282 g/mol. The number of carbonyl (C=O) groups is 1. The first-order chi connectivity index (χ1) is 10.3. The first-order valence-corrected chi connectivity index (χ1v) is 7.16. The highest BCUT2D eigenvalue weighted by molar-refractivity contribution is 5.94. The van der Waals surface area contributed by atoms with Crippen LogP contribution in [0.3, 0.4) is 0 Å². The largest absolute Gasteiger partial charge is 0.455 e. The molecule has 2 aromatic rings. The van der Waals surface area contributed by atoms with Crippen LogP contribution in [0.5, 0.6) is 11.5 Å². The molecule has 3 rings (SSSR count). The highest BCUT2D eigenvalue weighted by Crippen LogP contribution is 2.29. The van der Waals surface area contributed by atoms with Gasteiger partial charge in [0.2, 0.25) is 5.91 Å². The van der Waals surface area contributed by atoms with Crippen LogP contribution in [0, 0.1) is 5.92 Å². The Morgan fingerprint density at radius 2 is 1.86 bits per heavy atom. The molecule has 1 saturated heterocycles. The van der Waals surface area contributed by atoms with Gasteiger partial charge in [-0.1, -0.05) is 30.3 Å². The smallest absolute Gasteiger partial charge is 0.228 e. The molecule has 4 nitrogen and oxygen atoms in total. The molecule has 2 N–H and O–H groups in total. The normalized spacial score (nSPS) is 17.4. The second kappa shape index (κ2) is 6.41. The second-order valence-electron chi connectivity index (χ2n) is 5.09. The molecule has 2 aromatic carbocycles. The van der Waals surface area contributed by atoms with Crippen molar-refractivity contribution in [1.82, 2.24) is 5.32 Å². The van der Waals surface area contributed by atoms with Gasteiger partial charge < -0.3 is 15.4 Å². The minimum atomic E-state index is 0.0368. The average molecular weight is 282 g/mol. The van der Waals surface area contributed by atoms with Crippen LogP contribution in [0.2, 0.25) is 0 Å². The predicted molar refractivity (Wildman–Crippen MR) is 82.6 cm³/mol. The van der Waals surface area contributed by atoms with Crippen molar-refractivity contribution >= 4 is 11.6 Å². The number of ether oxygens (including phenoxy) is 1. The van der Waals surface area contributed by atoms with Gasteiger partial charge in [0.15, 0.2) is 5.75 Å². The molecule has 21 heavy (non-hydrogen) atoms. The average Bonchev–Trinajstić information content (AvgIpc) is 3.05. The highest BCUT2D eigenvalue weighted by Gasteiger charge is 2.23. The topological polar surface area (TPSA) is 50.4 Å². The highest BCUT2D eigenvalue weighted by atomic mass is 16.5. The summed E-state index contributed by atoms with van der Waals surface area (Å²) >= 11 is 0. The summed E-state index contributed by atoms with van der Waals surface area (Å²) in [6.07, 6.45) is 0.882. The maximum atomic E-state index is 12.2. The number of hydrogen-bond donors (Lipinski definition) is 2. The van der Waals surface area contributed by atoms with Crippen molar-refractivity contribution in [3.8, 4) is 11.5 Å². The zero-order chi connectivity index (χ0) is 14.5. The van der Waals surface area contributed by atoms with Gasteiger partial charge in [-0.15, -0.1) is 0 Å². The van der Waals surface area contributed by atoms with Crippen LogP contribution < -0.4 is 15.4 Å². The molecule has 0 saturated carbocycles. The summed E-state index contributed by atoms with van der Waals surface area (Å²) in [4.78, 5) is 12.2. The van der Waals surface area contributed by atoms with Crippen LogP contribution in [-0.4, -0.2) is 19.0 Å². The lowest BCUT2D eigenvalue weighted by Crippen LogP contribution is -2.24.